The third-order valence-corrected chi connectivity index (χ3v) is 2.45. The summed E-state index contributed by atoms with van der Waals surface area (Å²) in [5, 5.41) is 7.51. The van der Waals surface area contributed by atoms with Gasteiger partial charge in [0.05, 0.1) is 22.7 Å². The van der Waals surface area contributed by atoms with Gasteiger partial charge in [-0.05, 0) is 6.42 Å². The molecule has 0 saturated carbocycles. The van der Waals surface area contributed by atoms with Crippen molar-refractivity contribution in [1.29, 1.82) is 0 Å². The summed E-state index contributed by atoms with van der Waals surface area (Å²) in [7, 11) is 0. The molecule has 13 heavy (non-hydrogen) atoms. The van der Waals surface area contributed by atoms with Crippen LogP contribution in [0.25, 0.3) is 11.0 Å². The molecule has 2 heterocycles. The van der Waals surface area contributed by atoms with Crippen LogP contribution in [0, 0.1) is 0 Å². The Kier molecular flexibility index (Phi) is 2.14. The van der Waals surface area contributed by atoms with Gasteiger partial charge in [0.25, 0.3) is 0 Å². The molecule has 1 unspecified atom stereocenters. The molecule has 5 heteroatoms. The fourth-order valence-electron chi connectivity index (χ4n) is 1.23. The lowest BCUT2D eigenvalue weighted by molar-refractivity contribution is 0.852. The minimum Gasteiger partial charge on any atom is -0.261 e. The zero-order chi connectivity index (χ0) is 9.26. The molecule has 0 amide bonds. The standard InChI is InChI=1S/C8H9ClN4/c1-2-6(9)7-5-3-12-13-8(5)11-4-10-7/h3-4,6H,2H2,1H3,(H,10,11,12,13). The van der Waals surface area contributed by atoms with Crippen LogP contribution in [-0.2, 0) is 0 Å². The molecule has 0 spiro atoms. The number of aromatic amines is 1. The van der Waals surface area contributed by atoms with Crippen molar-refractivity contribution < 1.29 is 0 Å². The van der Waals surface area contributed by atoms with E-state index in [2.05, 4.69) is 20.2 Å². The predicted molar refractivity (Wildman–Crippen MR) is 50.6 cm³/mol. The molecule has 2 rings (SSSR count). The van der Waals surface area contributed by atoms with E-state index in [0.29, 0.717) is 0 Å². The van der Waals surface area contributed by atoms with Gasteiger partial charge in [-0.2, -0.15) is 5.10 Å². The number of rotatable bonds is 2. The number of halogens is 1. The van der Waals surface area contributed by atoms with E-state index in [4.69, 9.17) is 11.6 Å². The number of nitrogens with zero attached hydrogens (tertiary/aromatic N) is 3. The molecule has 0 aromatic carbocycles. The van der Waals surface area contributed by atoms with Crippen LogP contribution in [-0.4, -0.2) is 20.2 Å². The highest BCUT2D eigenvalue weighted by Crippen LogP contribution is 2.26. The molecule has 0 saturated heterocycles. The van der Waals surface area contributed by atoms with Crippen molar-refractivity contribution in [1.82, 2.24) is 20.2 Å². The normalized spacial score (nSPS) is 13.4. The Morgan fingerprint density at radius 1 is 1.54 bits per heavy atom. The van der Waals surface area contributed by atoms with Gasteiger partial charge in [0.15, 0.2) is 5.65 Å². The van der Waals surface area contributed by atoms with Gasteiger partial charge < -0.3 is 0 Å². The van der Waals surface area contributed by atoms with E-state index in [0.717, 1.165) is 23.1 Å². The molecule has 0 bridgehead atoms. The second kappa shape index (κ2) is 3.30. The minimum absolute atomic E-state index is 0.0666. The molecule has 4 nitrogen and oxygen atoms in total. The van der Waals surface area contributed by atoms with Gasteiger partial charge in [-0.3, -0.25) is 5.10 Å². The van der Waals surface area contributed by atoms with E-state index < -0.39 is 0 Å². The Balaban J connectivity index is 2.60. The van der Waals surface area contributed by atoms with E-state index in [1.165, 1.54) is 6.33 Å². The van der Waals surface area contributed by atoms with Crippen molar-refractivity contribution in [3.8, 4) is 0 Å². The molecular weight excluding hydrogens is 188 g/mol. The number of fused-ring (bicyclic) bond motifs is 1. The Hall–Kier alpha value is -1.16. The van der Waals surface area contributed by atoms with Crippen LogP contribution in [0.3, 0.4) is 0 Å². The number of alkyl halides is 1. The number of nitrogens with one attached hydrogen (secondary N) is 1. The molecule has 2 aromatic heterocycles. The second-order valence-electron chi connectivity index (χ2n) is 2.77. The molecular formula is C8H9ClN4. The highest BCUT2D eigenvalue weighted by Gasteiger charge is 2.12. The first kappa shape index (κ1) is 8.44. The fraction of sp³-hybridized carbons (Fsp3) is 0.375. The van der Waals surface area contributed by atoms with Crippen molar-refractivity contribution in [3.63, 3.8) is 0 Å². The van der Waals surface area contributed by atoms with Gasteiger partial charge in [0.1, 0.15) is 6.33 Å². The highest BCUT2D eigenvalue weighted by molar-refractivity contribution is 6.21. The minimum atomic E-state index is -0.0666. The second-order valence-corrected chi connectivity index (χ2v) is 3.29. The van der Waals surface area contributed by atoms with E-state index >= 15 is 0 Å². The molecule has 2 aromatic rings. The van der Waals surface area contributed by atoms with Crippen LogP contribution in [0.2, 0.25) is 0 Å². The quantitative estimate of drug-likeness (QED) is 0.748. The number of hydrogen-bond donors (Lipinski definition) is 1. The van der Waals surface area contributed by atoms with Gasteiger partial charge in [-0.25, -0.2) is 9.97 Å². The summed E-state index contributed by atoms with van der Waals surface area (Å²) in [4.78, 5) is 8.18. The van der Waals surface area contributed by atoms with Crippen LogP contribution in [0.1, 0.15) is 24.4 Å². The van der Waals surface area contributed by atoms with Crippen LogP contribution in [0.4, 0.5) is 0 Å². The molecule has 0 aliphatic carbocycles. The Morgan fingerprint density at radius 3 is 3.15 bits per heavy atom. The summed E-state index contributed by atoms with van der Waals surface area (Å²) in [6.07, 6.45) is 4.05. The van der Waals surface area contributed by atoms with Gasteiger partial charge >= 0.3 is 0 Å². The zero-order valence-corrected chi connectivity index (χ0v) is 7.91. The molecule has 0 aliphatic rings. The SMILES string of the molecule is CCC(Cl)c1ncnc2[nH]ncc12. The van der Waals surface area contributed by atoms with Crippen LogP contribution >= 0.6 is 11.6 Å². The Bertz CT molecular complexity index is 411. The van der Waals surface area contributed by atoms with Crippen LogP contribution in [0.5, 0.6) is 0 Å². The van der Waals surface area contributed by atoms with Gasteiger partial charge in [0, 0.05) is 0 Å². The van der Waals surface area contributed by atoms with E-state index in [9.17, 15) is 0 Å². The number of hydrogen-bond acceptors (Lipinski definition) is 3. The van der Waals surface area contributed by atoms with Gasteiger partial charge in [0.2, 0.25) is 0 Å². The molecule has 0 aliphatic heterocycles. The van der Waals surface area contributed by atoms with Crippen LogP contribution in [0.15, 0.2) is 12.5 Å². The monoisotopic (exact) mass is 196 g/mol. The number of H-pyrrole nitrogens is 1. The number of aromatic nitrogens is 4. The lowest BCUT2D eigenvalue weighted by Crippen LogP contribution is -1.94. The van der Waals surface area contributed by atoms with Crippen molar-refractivity contribution in [2.45, 2.75) is 18.7 Å². The summed E-state index contributed by atoms with van der Waals surface area (Å²) in [6.45, 7) is 2.02. The first-order valence-electron chi connectivity index (χ1n) is 4.11. The van der Waals surface area contributed by atoms with Gasteiger partial charge in [-0.15, -0.1) is 11.6 Å². The first-order chi connectivity index (χ1) is 6.33. The summed E-state index contributed by atoms with van der Waals surface area (Å²) in [6, 6.07) is 0. The Labute approximate surface area is 80.3 Å². The van der Waals surface area contributed by atoms with Crippen LogP contribution < -0.4 is 0 Å². The third kappa shape index (κ3) is 1.37. The molecule has 0 fully saturated rings. The largest absolute Gasteiger partial charge is 0.261 e. The topological polar surface area (TPSA) is 54.5 Å². The lowest BCUT2D eigenvalue weighted by Gasteiger charge is -2.04. The first-order valence-corrected chi connectivity index (χ1v) is 4.54. The molecule has 1 atom stereocenters. The maximum Gasteiger partial charge on any atom is 0.158 e. The fourth-order valence-corrected chi connectivity index (χ4v) is 1.40. The van der Waals surface area contributed by atoms with Crippen molar-refractivity contribution in [3.05, 3.63) is 18.2 Å². The summed E-state index contributed by atoms with van der Waals surface area (Å²) in [5.41, 5.74) is 1.59. The van der Waals surface area contributed by atoms with E-state index in [-0.39, 0.29) is 5.38 Å². The summed E-state index contributed by atoms with van der Waals surface area (Å²) in [5.74, 6) is 0. The highest BCUT2D eigenvalue weighted by atomic mass is 35.5. The smallest absolute Gasteiger partial charge is 0.158 e. The average molecular weight is 197 g/mol. The zero-order valence-electron chi connectivity index (χ0n) is 7.16. The average Bonchev–Trinajstić information content (AvgIpc) is 2.63. The molecule has 0 radical (unpaired) electrons. The molecule has 68 valence electrons. The van der Waals surface area contributed by atoms with E-state index in [1.54, 1.807) is 6.20 Å². The molecule has 1 N–H and O–H groups in total. The summed E-state index contributed by atoms with van der Waals surface area (Å²) >= 11 is 6.09. The van der Waals surface area contributed by atoms with Gasteiger partial charge in [-0.1, -0.05) is 6.92 Å². The van der Waals surface area contributed by atoms with Crippen molar-refractivity contribution in [2.75, 3.05) is 0 Å². The van der Waals surface area contributed by atoms with Crippen molar-refractivity contribution >= 4 is 22.6 Å². The summed E-state index contributed by atoms with van der Waals surface area (Å²) < 4.78 is 0. The predicted octanol–water partition coefficient (Wildman–Crippen LogP) is 2.04. The van der Waals surface area contributed by atoms with Crippen molar-refractivity contribution in [2.24, 2.45) is 0 Å². The van der Waals surface area contributed by atoms with E-state index in [1.807, 2.05) is 6.92 Å². The Morgan fingerprint density at radius 2 is 2.38 bits per heavy atom. The maximum atomic E-state index is 6.09. The third-order valence-electron chi connectivity index (χ3n) is 1.93. The maximum absolute atomic E-state index is 6.09. The lowest BCUT2D eigenvalue weighted by atomic mass is 10.2.